The predicted molar refractivity (Wildman–Crippen MR) is 120 cm³/mol. The molecule has 5 nitrogen and oxygen atoms in total. The van der Waals surface area contributed by atoms with Gasteiger partial charge in [-0.2, -0.15) is 13.2 Å². The lowest BCUT2D eigenvalue weighted by molar-refractivity contribution is -0.153. The van der Waals surface area contributed by atoms with Crippen molar-refractivity contribution in [2.24, 2.45) is 34.2 Å². The molecule has 33 heavy (non-hydrogen) atoms. The third kappa shape index (κ3) is 6.62. The molecule has 1 aliphatic carbocycles. The molecule has 0 aliphatic heterocycles. The normalized spacial score (nSPS) is 23.9. The Labute approximate surface area is 192 Å². The number of halogens is 4. The molecule has 1 fully saturated rings. The molecule has 1 aliphatic rings. The average Bonchev–Trinajstić information content (AvgIpc) is 3.30. The van der Waals surface area contributed by atoms with Crippen molar-refractivity contribution >= 4 is 15.7 Å². The van der Waals surface area contributed by atoms with E-state index in [9.17, 15) is 26.0 Å². The fourth-order valence-electron chi connectivity index (χ4n) is 4.51. The molecule has 2 rings (SSSR count). The number of sulfonamides is 1. The molecule has 1 aromatic carbocycles. The van der Waals surface area contributed by atoms with E-state index < -0.39 is 28.6 Å². The van der Waals surface area contributed by atoms with Gasteiger partial charge in [-0.05, 0) is 47.3 Å². The quantitative estimate of drug-likeness (QED) is 0.267. The van der Waals surface area contributed by atoms with Gasteiger partial charge in [0.05, 0.1) is 5.69 Å². The molecule has 3 N–H and O–H groups in total. The summed E-state index contributed by atoms with van der Waals surface area (Å²) in [4.78, 5) is -0.206. The summed E-state index contributed by atoms with van der Waals surface area (Å²) in [7, 11) is -3.93. The molecule has 0 aromatic heterocycles. The molecular formula is C23H30F4N2O3S. The summed E-state index contributed by atoms with van der Waals surface area (Å²) in [6, 6.07) is 3.31. The monoisotopic (exact) mass is 490 g/mol. The van der Waals surface area contributed by atoms with Crippen LogP contribution in [0.4, 0.5) is 23.2 Å². The van der Waals surface area contributed by atoms with Crippen LogP contribution < -0.4 is 15.2 Å². The fourth-order valence-corrected chi connectivity index (χ4v) is 4.98. The van der Waals surface area contributed by atoms with Crippen LogP contribution in [-0.4, -0.2) is 27.7 Å². The molecule has 0 amide bonds. The van der Waals surface area contributed by atoms with E-state index in [1.54, 1.807) is 6.08 Å². The second-order valence-electron chi connectivity index (χ2n) is 8.88. The summed E-state index contributed by atoms with van der Waals surface area (Å²) < 4.78 is 79.4. The van der Waals surface area contributed by atoms with Crippen LogP contribution in [0, 0.1) is 34.9 Å². The number of benzene rings is 1. The fraction of sp³-hybridized carbons (Fsp3) is 0.522. The highest BCUT2D eigenvalue weighted by Crippen LogP contribution is 2.66. The zero-order valence-electron chi connectivity index (χ0n) is 19.0. The highest BCUT2D eigenvalue weighted by Gasteiger charge is 2.63. The Morgan fingerprint density at radius 1 is 1.36 bits per heavy atom. The Bertz CT molecular complexity index is 1050. The summed E-state index contributed by atoms with van der Waals surface area (Å²) in [6.07, 6.45) is -1.39. The van der Waals surface area contributed by atoms with Crippen LogP contribution in [0.3, 0.4) is 0 Å². The van der Waals surface area contributed by atoms with Gasteiger partial charge in [-0.25, -0.2) is 17.9 Å². The Balaban J connectivity index is 2.18. The van der Waals surface area contributed by atoms with Crippen LogP contribution in [-0.2, 0) is 10.0 Å². The third-order valence-corrected chi connectivity index (χ3v) is 7.42. The largest absolute Gasteiger partial charge is 0.482 e. The predicted octanol–water partition coefficient (Wildman–Crippen LogP) is 5.24. The zero-order chi connectivity index (χ0) is 25.2. The maximum Gasteiger partial charge on any atom is 0.422 e. The first-order chi connectivity index (χ1) is 15.1. The molecular weight excluding hydrogens is 460 g/mol. The Hall–Kier alpha value is -2.29. The Kier molecular flexibility index (Phi) is 8.10. The van der Waals surface area contributed by atoms with Crippen LogP contribution in [0.5, 0.6) is 5.75 Å². The first kappa shape index (κ1) is 27.0. The molecule has 2 unspecified atom stereocenters. The van der Waals surface area contributed by atoms with Gasteiger partial charge < -0.3 is 10.1 Å². The van der Waals surface area contributed by atoms with Crippen molar-refractivity contribution < 1.29 is 30.7 Å². The minimum atomic E-state index is -4.51. The van der Waals surface area contributed by atoms with Crippen molar-refractivity contribution in [3.05, 3.63) is 53.4 Å². The topological polar surface area (TPSA) is 81.4 Å². The first-order valence-electron chi connectivity index (χ1n) is 10.4. The van der Waals surface area contributed by atoms with Crippen molar-refractivity contribution in [3.63, 3.8) is 0 Å². The Morgan fingerprint density at radius 3 is 2.52 bits per heavy atom. The van der Waals surface area contributed by atoms with Crippen LogP contribution >= 0.6 is 0 Å². The lowest BCUT2D eigenvalue weighted by Crippen LogP contribution is -2.20. The van der Waals surface area contributed by atoms with E-state index in [4.69, 9.17) is 9.88 Å². The van der Waals surface area contributed by atoms with Crippen molar-refractivity contribution in [2.45, 2.75) is 33.9 Å². The van der Waals surface area contributed by atoms with Gasteiger partial charge in [0.25, 0.3) is 0 Å². The summed E-state index contributed by atoms with van der Waals surface area (Å²) in [5.41, 5.74) is 2.33. The summed E-state index contributed by atoms with van der Waals surface area (Å²) in [5.74, 6) is -0.214. The van der Waals surface area contributed by atoms with E-state index in [1.165, 1.54) is 6.08 Å². The van der Waals surface area contributed by atoms with Crippen molar-refractivity contribution in [1.82, 2.24) is 0 Å². The van der Waals surface area contributed by atoms with Gasteiger partial charge in [0.1, 0.15) is 16.5 Å². The molecule has 1 aromatic rings. The highest BCUT2D eigenvalue weighted by molar-refractivity contribution is 7.93. The van der Waals surface area contributed by atoms with Crippen LogP contribution in [0.25, 0.3) is 0 Å². The molecule has 184 valence electrons. The number of alkyl halides is 3. The number of hydrogen-bond donors (Lipinski definition) is 2. The second kappa shape index (κ2) is 9.91. The lowest BCUT2D eigenvalue weighted by atomic mass is 9.87. The van der Waals surface area contributed by atoms with E-state index in [0.717, 1.165) is 18.2 Å². The van der Waals surface area contributed by atoms with E-state index >= 15 is 0 Å². The second-order valence-corrected chi connectivity index (χ2v) is 10.4. The van der Waals surface area contributed by atoms with Gasteiger partial charge in [0, 0.05) is 12.6 Å². The zero-order valence-corrected chi connectivity index (χ0v) is 19.9. The SMILES string of the molecule is C=C=C(/C=C\C(C)[C@@H]1[C@@H](CNc2cc(F)ccc2OCC(F)(F)F)C1(C)C(C)C)S(N)(=O)=O. The number of primary sulfonamides is 1. The number of nitrogens with two attached hydrogens (primary N) is 1. The maximum atomic E-state index is 13.8. The molecule has 0 saturated heterocycles. The van der Waals surface area contributed by atoms with E-state index in [-0.39, 0.29) is 45.4 Å². The molecule has 0 heterocycles. The third-order valence-electron chi connectivity index (χ3n) is 6.53. The molecule has 4 atom stereocenters. The summed E-state index contributed by atoms with van der Waals surface area (Å²) in [6.45, 7) is 10.5. The van der Waals surface area contributed by atoms with Crippen molar-refractivity contribution in [3.8, 4) is 5.75 Å². The molecule has 0 radical (unpaired) electrons. The lowest BCUT2D eigenvalue weighted by Gasteiger charge is -2.19. The molecule has 1 saturated carbocycles. The molecule has 0 spiro atoms. The van der Waals surface area contributed by atoms with Crippen LogP contribution in [0.15, 0.2) is 47.6 Å². The Morgan fingerprint density at radius 2 is 2.00 bits per heavy atom. The van der Waals surface area contributed by atoms with E-state index in [2.05, 4.69) is 38.4 Å². The van der Waals surface area contributed by atoms with Gasteiger partial charge in [-0.1, -0.05) is 40.3 Å². The van der Waals surface area contributed by atoms with E-state index in [0.29, 0.717) is 6.54 Å². The summed E-state index contributed by atoms with van der Waals surface area (Å²) in [5, 5.41) is 8.19. The minimum Gasteiger partial charge on any atom is -0.482 e. The summed E-state index contributed by atoms with van der Waals surface area (Å²) >= 11 is 0. The maximum absolute atomic E-state index is 13.8. The number of nitrogens with one attached hydrogen (secondary N) is 1. The van der Waals surface area contributed by atoms with Crippen LogP contribution in [0.2, 0.25) is 0 Å². The van der Waals surface area contributed by atoms with Gasteiger partial charge >= 0.3 is 6.18 Å². The average molecular weight is 491 g/mol. The van der Waals surface area contributed by atoms with Gasteiger partial charge in [0.15, 0.2) is 6.61 Å². The minimum absolute atomic E-state index is 0.0391. The number of anilines is 1. The smallest absolute Gasteiger partial charge is 0.422 e. The van der Waals surface area contributed by atoms with E-state index in [1.807, 2.05) is 6.92 Å². The standard InChI is InChI=1S/C23H30F4N2O3S/c1-6-17(33(28,30)31)9-7-15(4)21-18(22(21,5)14(2)3)12-29-19-11-16(24)8-10-20(19)32-13-23(25,26)27/h7-11,14-15,18,21,29H,1,12-13H2,2-5H3,(H2,28,30,31)/b9-7-/t15?,18-,21-,22?/m1/s1. The van der Waals surface area contributed by atoms with Crippen LogP contribution in [0.1, 0.15) is 27.7 Å². The molecule has 0 bridgehead atoms. The van der Waals surface area contributed by atoms with Gasteiger partial charge in [-0.15, -0.1) is 5.73 Å². The number of ether oxygens (including phenoxy) is 1. The number of allylic oxidation sites excluding steroid dienone is 2. The van der Waals surface area contributed by atoms with Gasteiger partial charge in [0.2, 0.25) is 10.0 Å². The first-order valence-corrected chi connectivity index (χ1v) is 12.0. The number of rotatable bonds is 10. The number of hydrogen-bond acceptors (Lipinski definition) is 4. The molecule has 10 heteroatoms. The van der Waals surface area contributed by atoms with Gasteiger partial charge in [-0.3, -0.25) is 0 Å². The van der Waals surface area contributed by atoms with Crippen molar-refractivity contribution in [2.75, 3.05) is 18.5 Å². The highest BCUT2D eigenvalue weighted by atomic mass is 32.2. The van der Waals surface area contributed by atoms with Crippen molar-refractivity contribution in [1.29, 1.82) is 0 Å².